The molecule has 2 aromatic rings. The average molecular weight is 173 g/mol. The maximum absolute atomic E-state index is 3.74. The molecule has 5 heteroatoms. The van der Waals surface area contributed by atoms with Crippen molar-refractivity contribution in [3.63, 3.8) is 0 Å². The number of anilines is 2. The van der Waals surface area contributed by atoms with E-state index in [1.165, 1.54) is 6.20 Å². The van der Waals surface area contributed by atoms with Crippen LogP contribution in [0.3, 0.4) is 0 Å². The summed E-state index contributed by atoms with van der Waals surface area (Å²) in [6.45, 7) is 0. The van der Waals surface area contributed by atoms with Crippen LogP contribution in [0.2, 0.25) is 0 Å². The first-order chi connectivity index (χ1) is 6.45. The van der Waals surface area contributed by atoms with Crippen molar-refractivity contribution in [1.29, 1.82) is 0 Å². The fourth-order valence-corrected chi connectivity index (χ4v) is 0.924. The summed E-state index contributed by atoms with van der Waals surface area (Å²) in [6, 6.07) is 9.68. The Balaban J connectivity index is 2.16. The molecule has 0 saturated carbocycles. The van der Waals surface area contributed by atoms with Crippen LogP contribution in [0.5, 0.6) is 0 Å². The Kier molecular flexibility index (Phi) is 2.09. The molecule has 1 heterocycles. The van der Waals surface area contributed by atoms with Crippen LogP contribution in [-0.4, -0.2) is 20.6 Å². The second kappa shape index (κ2) is 3.57. The number of hydrogen-bond donors (Lipinski definition) is 1. The number of para-hydroxylation sites is 1. The maximum Gasteiger partial charge on any atom is 0.175 e. The zero-order chi connectivity index (χ0) is 8.93. The van der Waals surface area contributed by atoms with Gasteiger partial charge < -0.3 is 5.32 Å². The second-order valence-corrected chi connectivity index (χ2v) is 2.40. The summed E-state index contributed by atoms with van der Waals surface area (Å²) in [7, 11) is 0. The number of hydrogen-bond acceptors (Lipinski definition) is 5. The van der Waals surface area contributed by atoms with Crippen molar-refractivity contribution in [1.82, 2.24) is 20.6 Å². The average Bonchev–Trinajstić information content (AvgIpc) is 2.21. The molecule has 0 radical (unpaired) electrons. The van der Waals surface area contributed by atoms with Crippen molar-refractivity contribution in [3.05, 3.63) is 36.5 Å². The smallest absolute Gasteiger partial charge is 0.175 e. The second-order valence-electron chi connectivity index (χ2n) is 2.40. The van der Waals surface area contributed by atoms with Gasteiger partial charge in [0.25, 0.3) is 0 Å². The van der Waals surface area contributed by atoms with Gasteiger partial charge in [-0.15, -0.1) is 10.2 Å². The standard InChI is InChI=1S/C8H7N5/c1-2-4-7(5-3-1)10-8-6-9-12-13-11-8/h1-6H,(H,10,11,12). The van der Waals surface area contributed by atoms with Gasteiger partial charge in [0.2, 0.25) is 0 Å². The summed E-state index contributed by atoms with van der Waals surface area (Å²) < 4.78 is 0. The Hall–Kier alpha value is -2.04. The highest BCUT2D eigenvalue weighted by molar-refractivity contribution is 5.53. The van der Waals surface area contributed by atoms with E-state index < -0.39 is 0 Å². The molecule has 13 heavy (non-hydrogen) atoms. The van der Waals surface area contributed by atoms with Crippen LogP contribution in [0.4, 0.5) is 11.5 Å². The third-order valence-corrected chi connectivity index (χ3v) is 1.47. The third-order valence-electron chi connectivity index (χ3n) is 1.47. The molecule has 0 aliphatic heterocycles. The lowest BCUT2D eigenvalue weighted by Crippen LogP contribution is -1.97. The van der Waals surface area contributed by atoms with Gasteiger partial charge in [-0.25, -0.2) is 0 Å². The molecule has 0 saturated heterocycles. The van der Waals surface area contributed by atoms with Crippen molar-refractivity contribution in [2.75, 3.05) is 5.32 Å². The summed E-state index contributed by atoms with van der Waals surface area (Å²) in [5.41, 5.74) is 0.949. The highest BCUT2D eigenvalue weighted by atomic mass is 15.4. The maximum atomic E-state index is 3.74. The number of nitrogens with one attached hydrogen (secondary N) is 1. The van der Waals surface area contributed by atoms with Gasteiger partial charge >= 0.3 is 0 Å². The zero-order valence-corrected chi connectivity index (χ0v) is 6.75. The molecule has 1 aromatic heterocycles. The molecule has 5 nitrogen and oxygen atoms in total. The number of nitrogens with zero attached hydrogens (tertiary/aromatic N) is 4. The lowest BCUT2D eigenvalue weighted by atomic mass is 10.3. The van der Waals surface area contributed by atoms with Crippen LogP contribution >= 0.6 is 0 Å². The van der Waals surface area contributed by atoms with Crippen molar-refractivity contribution in [2.24, 2.45) is 0 Å². The molecule has 0 spiro atoms. The van der Waals surface area contributed by atoms with Crippen LogP contribution in [0, 0.1) is 0 Å². The minimum absolute atomic E-state index is 0.584. The van der Waals surface area contributed by atoms with Crippen LogP contribution in [0.25, 0.3) is 0 Å². The largest absolute Gasteiger partial charge is 0.337 e. The van der Waals surface area contributed by atoms with E-state index in [1.54, 1.807) is 0 Å². The molecule has 2 rings (SSSR count). The van der Waals surface area contributed by atoms with E-state index in [1.807, 2.05) is 30.3 Å². The molecule has 64 valence electrons. The summed E-state index contributed by atoms with van der Waals surface area (Å²) in [6.07, 6.45) is 1.51. The predicted molar refractivity (Wildman–Crippen MR) is 47.3 cm³/mol. The number of benzene rings is 1. The minimum Gasteiger partial charge on any atom is -0.337 e. The van der Waals surface area contributed by atoms with Crippen molar-refractivity contribution >= 4 is 11.5 Å². The summed E-state index contributed by atoms with van der Waals surface area (Å²) >= 11 is 0. The molecular formula is C8H7N5. The Morgan fingerprint density at radius 1 is 1.00 bits per heavy atom. The van der Waals surface area contributed by atoms with Gasteiger partial charge in [0.05, 0.1) is 6.20 Å². The predicted octanol–water partition coefficient (Wildman–Crippen LogP) is 1.01. The first-order valence-electron chi connectivity index (χ1n) is 3.78. The molecular weight excluding hydrogens is 166 g/mol. The van der Waals surface area contributed by atoms with E-state index in [0.29, 0.717) is 5.82 Å². The van der Waals surface area contributed by atoms with Gasteiger partial charge in [-0.1, -0.05) is 18.2 Å². The molecule has 0 aliphatic carbocycles. The minimum atomic E-state index is 0.584. The highest BCUT2D eigenvalue weighted by Crippen LogP contribution is 2.10. The molecule has 1 N–H and O–H groups in total. The van der Waals surface area contributed by atoms with E-state index in [0.717, 1.165) is 5.69 Å². The number of rotatable bonds is 2. The van der Waals surface area contributed by atoms with Gasteiger partial charge in [-0.2, -0.15) is 0 Å². The summed E-state index contributed by atoms with van der Waals surface area (Å²) in [5.74, 6) is 0.584. The van der Waals surface area contributed by atoms with Crippen molar-refractivity contribution in [2.45, 2.75) is 0 Å². The lowest BCUT2D eigenvalue weighted by Gasteiger charge is -2.01. The topological polar surface area (TPSA) is 63.6 Å². The van der Waals surface area contributed by atoms with Gasteiger partial charge in [-0.05, 0) is 22.6 Å². The third kappa shape index (κ3) is 1.96. The van der Waals surface area contributed by atoms with Crippen LogP contribution < -0.4 is 5.32 Å². The first-order valence-corrected chi connectivity index (χ1v) is 3.78. The number of aromatic nitrogens is 4. The van der Waals surface area contributed by atoms with Crippen LogP contribution in [0.15, 0.2) is 36.5 Å². The molecule has 0 amide bonds. The van der Waals surface area contributed by atoms with Gasteiger partial charge in [-0.3, -0.25) is 0 Å². The molecule has 0 aliphatic rings. The molecule has 1 aromatic carbocycles. The highest BCUT2D eigenvalue weighted by Gasteiger charge is 1.93. The summed E-state index contributed by atoms with van der Waals surface area (Å²) in [5, 5.41) is 17.1. The molecule has 0 fully saturated rings. The Labute approximate surface area is 74.8 Å². The zero-order valence-electron chi connectivity index (χ0n) is 6.75. The van der Waals surface area contributed by atoms with Crippen LogP contribution in [0.1, 0.15) is 0 Å². The molecule has 0 bridgehead atoms. The monoisotopic (exact) mass is 173 g/mol. The van der Waals surface area contributed by atoms with Gasteiger partial charge in [0, 0.05) is 5.69 Å². The van der Waals surface area contributed by atoms with Gasteiger partial charge in [0.1, 0.15) is 0 Å². The van der Waals surface area contributed by atoms with E-state index in [2.05, 4.69) is 25.9 Å². The van der Waals surface area contributed by atoms with E-state index >= 15 is 0 Å². The Morgan fingerprint density at radius 3 is 2.54 bits per heavy atom. The van der Waals surface area contributed by atoms with Crippen LogP contribution in [-0.2, 0) is 0 Å². The Morgan fingerprint density at radius 2 is 1.85 bits per heavy atom. The fraction of sp³-hybridized carbons (Fsp3) is 0. The van der Waals surface area contributed by atoms with Crippen molar-refractivity contribution < 1.29 is 0 Å². The summed E-state index contributed by atoms with van der Waals surface area (Å²) in [4.78, 5) is 0. The van der Waals surface area contributed by atoms with E-state index in [-0.39, 0.29) is 0 Å². The lowest BCUT2D eigenvalue weighted by molar-refractivity contribution is 0.767. The fourth-order valence-electron chi connectivity index (χ4n) is 0.924. The van der Waals surface area contributed by atoms with Gasteiger partial charge in [0.15, 0.2) is 5.82 Å². The quantitative estimate of drug-likeness (QED) is 0.734. The van der Waals surface area contributed by atoms with Crippen molar-refractivity contribution in [3.8, 4) is 0 Å². The molecule has 0 unspecified atom stereocenters. The first kappa shape index (κ1) is 7.60. The Bertz CT molecular complexity index is 323. The molecule has 0 atom stereocenters. The van der Waals surface area contributed by atoms with E-state index in [4.69, 9.17) is 0 Å². The van der Waals surface area contributed by atoms with E-state index in [9.17, 15) is 0 Å². The SMILES string of the molecule is c1ccc(Nc2cnnnn2)cc1. The normalized spacial score (nSPS) is 9.54.